The molecule has 0 saturated heterocycles. The van der Waals surface area contributed by atoms with Crippen LogP contribution in [0, 0.1) is 5.92 Å². The molecule has 0 heterocycles. The maximum atomic E-state index is 9.33. The number of rotatable bonds is 4. The Morgan fingerprint density at radius 1 is 1.20 bits per heavy atom. The highest BCUT2D eigenvalue weighted by atomic mass is 16.3. The van der Waals surface area contributed by atoms with Crippen LogP contribution in [-0.4, -0.2) is 22.4 Å². The van der Waals surface area contributed by atoms with Gasteiger partial charge < -0.3 is 10.2 Å². The van der Waals surface area contributed by atoms with Gasteiger partial charge in [-0.2, -0.15) is 0 Å². The third-order valence-electron chi connectivity index (χ3n) is 1.88. The Hall–Kier alpha value is -0.0800. The highest BCUT2D eigenvalue weighted by molar-refractivity contribution is 4.65. The van der Waals surface area contributed by atoms with Crippen LogP contribution in [0.25, 0.3) is 0 Å². The molecule has 0 aromatic rings. The molecular weight excluding hydrogens is 128 g/mol. The van der Waals surface area contributed by atoms with Crippen molar-refractivity contribution in [1.29, 1.82) is 0 Å². The van der Waals surface area contributed by atoms with E-state index in [-0.39, 0.29) is 12.2 Å². The lowest BCUT2D eigenvalue weighted by atomic mass is 9.97. The molecule has 0 aliphatic rings. The molecule has 0 fully saturated rings. The second-order valence-electron chi connectivity index (χ2n) is 3.04. The van der Waals surface area contributed by atoms with Crippen molar-refractivity contribution in [2.45, 2.75) is 45.8 Å². The Labute approximate surface area is 62.9 Å². The van der Waals surface area contributed by atoms with E-state index in [0.29, 0.717) is 12.3 Å². The molecule has 2 heteroatoms. The summed E-state index contributed by atoms with van der Waals surface area (Å²) in [5.74, 6) is 0.301. The molecular formula is C8H18O2. The van der Waals surface area contributed by atoms with Gasteiger partial charge in [-0.25, -0.2) is 0 Å². The molecule has 3 atom stereocenters. The Bertz CT molecular complexity index is 81.3. The number of hydrogen-bond donors (Lipinski definition) is 2. The molecule has 3 unspecified atom stereocenters. The summed E-state index contributed by atoms with van der Waals surface area (Å²) in [5, 5.41) is 18.2. The maximum absolute atomic E-state index is 9.33. The SMILES string of the molecule is CCC(C)C(O)CC(C)O. The van der Waals surface area contributed by atoms with Crippen LogP contribution in [0.15, 0.2) is 0 Å². The fourth-order valence-electron chi connectivity index (χ4n) is 0.854. The predicted molar refractivity (Wildman–Crippen MR) is 41.8 cm³/mol. The number of hydrogen-bond acceptors (Lipinski definition) is 2. The van der Waals surface area contributed by atoms with E-state index in [1.807, 2.05) is 13.8 Å². The highest BCUT2D eigenvalue weighted by Crippen LogP contribution is 2.11. The predicted octanol–water partition coefficient (Wildman–Crippen LogP) is 1.16. The lowest BCUT2D eigenvalue weighted by molar-refractivity contribution is 0.0547. The van der Waals surface area contributed by atoms with Gasteiger partial charge in [-0.15, -0.1) is 0 Å². The molecule has 10 heavy (non-hydrogen) atoms. The van der Waals surface area contributed by atoms with E-state index in [9.17, 15) is 5.11 Å². The first-order chi connectivity index (χ1) is 4.57. The van der Waals surface area contributed by atoms with Crippen molar-refractivity contribution < 1.29 is 10.2 Å². The van der Waals surface area contributed by atoms with E-state index >= 15 is 0 Å². The molecule has 0 aromatic heterocycles. The van der Waals surface area contributed by atoms with Gasteiger partial charge in [0.15, 0.2) is 0 Å². The monoisotopic (exact) mass is 146 g/mol. The second-order valence-corrected chi connectivity index (χ2v) is 3.04. The maximum Gasteiger partial charge on any atom is 0.0590 e. The minimum Gasteiger partial charge on any atom is -0.393 e. The molecule has 2 nitrogen and oxygen atoms in total. The fourth-order valence-corrected chi connectivity index (χ4v) is 0.854. The Morgan fingerprint density at radius 3 is 2.00 bits per heavy atom. The first-order valence-corrected chi connectivity index (χ1v) is 3.94. The van der Waals surface area contributed by atoms with E-state index in [2.05, 4.69) is 0 Å². The quantitative estimate of drug-likeness (QED) is 0.625. The molecule has 0 aliphatic heterocycles. The average Bonchev–Trinajstić information content (AvgIpc) is 1.85. The smallest absolute Gasteiger partial charge is 0.0590 e. The van der Waals surface area contributed by atoms with E-state index in [1.165, 1.54) is 0 Å². The van der Waals surface area contributed by atoms with Gasteiger partial charge >= 0.3 is 0 Å². The molecule has 0 spiro atoms. The zero-order valence-electron chi connectivity index (χ0n) is 7.04. The van der Waals surface area contributed by atoms with Crippen molar-refractivity contribution in [3.05, 3.63) is 0 Å². The summed E-state index contributed by atoms with van der Waals surface area (Å²) >= 11 is 0. The summed E-state index contributed by atoms with van der Waals surface area (Å²) in [5.41, 5.74) is 0. The first kappa shape index (κ1) is 9.92. The molecule has 2 N–H and O–H groups in total. The first-order valence-electron chi connectivity index (χ1n) is 3.94. The summed E-state index contributed by atoms with van der Waals surface area (Å²) in [6.07, 6.45) is 0.733. The van der Waals surface area contributed by atoms with Crippen LogP contribution >= 0.6 is 0 Å². The standard InChI is InChI=1S/C8H18O2/c1-4-6(2)8(10)5-7(3)9/h6-10H,4-5H2,1-3H3. The van der Waals surface area contributed by atoms with E-state index < -0.39 is 0 Å². The Balaban J connectivity index is 3.50. The molecule has 0 aliphatic carbocycles. The third kappa shape index (κ3) is 3.85. The molecule has 0 amide bonds. The van der Waals surface area contributed by atoms with E-state index in [4.69, 9.17) is 5.11 Å². The zero-order valence-corrected chi connectivity index (χ0v) is 7.04. The van der Waals surface area contributed by atoms with Crippen LogP contribution in [0.1, 0.15) is 33.6 Å². The molecule has 0 rings (SSSR count). The van der Waals surface area contributed by atoms with Gasteiger partial charge in [0, 0.05) is 0 Å². The summed E-state index contributed by atoms with van der Waals surface area (Å²) < 4.78 is 0. The van der Waals surface area contributed by atoms with Gasteiger partial charge in [0.05, 0.1) is 12.2 Å². The fraction of sp³-hybridized carbons (Fsp3) is 1.00. The van der Waals surface area contributed by atoms with Crippen molar-refractivity contribution >= 4 is 0 Å². The van der Waals surface area contributed by atoms with Crippen molar-refractivity contribution in [2.75, 3.05) is 0 Å². The third-order valence-corrected chi connectivity index (χ3v) is 1.88. The van der Waals surface area contributed by atoms with Crippen LogP contribution in [-0.2, 0) is 0 Å². The van der Waals surface area contributed by atoms with Crippen LogP contribution in [0.2, 0.25) is 0 Å². The van der Waals surface area contributed by atoms with Crippen molar-refractivity contribution in [1.82, 2.24) is 0 Å². The summed E-state index contributed by atoms with van der Waals surface area (Å²) in [6.45, 7) is 5.73. The summed E-state index contributed by atoms with van der Waals surface area (Å²) in [6, 6.07) is 0. The van der Waals surface area contributed by atoms with Crippen molar-refractivity contribution in [3.63, 3.8) is 0 Å². The topological polar surface area (TPSA) is 40.5 Å². The molecule has 62 valence electrons. The van der Waals surface area contributed by atoms with Gasteiger partial charge in [0.25, 0.3) is 0 Å². The lowest BCUT2D eigenvalue weighted by Crippen LogP contribution is -2.21. The van der Waals surface area contributed by atoms with Gasteiger partial charge in [-0.05, 0) is 19.3 Å². The zero-order chi connectivity index (χ0) is 8.15. The van der Waals surface area contributed by atoms with E-state index in [1.54, 1.807) is 6.92 Å². The minimum absolute atomic E-state index is 0.301. The lowest BCUT2D eigenvalue weighted by Gasteiger charge is -2.17. The number of aliphatic hydroxyl groups is 2. The molecule has 0 saturated carbocycles. The van der Waals surface area contributed by atoms with Crippen molar-refractivity contribution in [2.24, 2.45) is 5.92 Å². The van der Waals surface area contributed by atoms with Crippen LogP contribution < -0.4 is 0 Å². The van der Waals surface area contributed by atoms with E-state index in [0.717, 1.165) is 6.42 Å². The summed E-state index contributed by atoms with van der Waals surface area (Å²) in [7, 11) is 0. The van der Waals surface area contributed by atoms with Crippen molar-refractivity contribution in [3.8, 4) is 0 Å². The normalized spacial score (nSPS) is 20.1. The largest absolute Gasteiger partial charge is 0.393 e. The number of aliphatic hydroxyl groups excluding tert-OH is 2. The van der Waals surface area contributed by atoms with Crippen LogP contribution in [0.4, 0.5) is 0 Å². The Kier molecular flexibility index (Phi) is 4.65. The summed E-state index contributed by atoms with van der Waals surface area (Å²) in [4.78, 5) is 0. The molecule has 0 bridgehead atoms. The minimum atomic E-state index is -0.385. The van der Waals surface area contributed by atoms with Gasteiger partial charge in [-0.3, -0.25) is 0 Å². The van der Waals surface area contributed by atoms with Gasteiger partial charge in [0.2, 0.25) is 0 Å². The highest BCUT2D eigenvalue weighted by Gasteiger charge is 2.13. The van der Waals surface area contributed by atoms with Crippen LogP contribution in [0.3, 0.4) is 0 Å². The Morgan fingerprint density at radius 2 is 1.70 bits per heavy atom. The van der Waals surface area contributed by atoms with Gasteiger partial charge in [-0.1, -0.05) is 20.3 Å². The van der Waals surface area contributed by atoms with Gasteiger partial charge in [0.1, 0.15) is 0 Å². The van der Waals surface area contributed by atoms with Crippen LogP contribution in [0.5, 0.6) is 0 Å². The second kappa shape index (κ2) is 4.69. The molecule has 0 aromatic carbocycles. The molecule has 0 radical (unpaired) electrons. The average molecular weight is 146 g/mol.